The number of benzene rings is 1. The van der Waals surface area contributed by atoms with E-state index < -0.39 is 0 Å². The molecule has 2 aliphatic rings. The number of aromatic amines is 1. The summed E-state index contributed by atoms with van der Waals surface area (Å²) in [6.07, 6.45) is 5.85. The molecule has 1 N–H and O–H groups in total. The highest BCUT2D eigenvalue weighted by atomic mass is 16.2. The van der Waals surface area contributed by atoms with E-state index in [1.807, 2.05) is 30.0 Å². The molecule has 25 heavy (non-hydrogen) atoms. The molecule has 0 radical (unpaired) electrons. The molecule has 0 spiro atoms. The van der Waals surface area contributed by atoms with Gasteiger partial charge in [-0.2, -0.15) is 0 Å². The van der Waals surface area contributed by atoms with Gasteiger partial charge in [-0.25, -0.2) is 4.98 Å². The Balaban J connectivity index is 1.48. The number of para-hydroxylation sites is 1. The first-order valence-electron chi connectivity index (χ1n) is 9.39. The lowest BCUT2D eigenvalue weighted by Gasteiger charge is -2.26. The molecule has 1 heterocycles. The van der Waals surface area contributed by atoms with Crippen LogP contribution in [0.15, 0.2) is 29.1 Å². The number of rotatable bonds is 5. The van der Waals surface area contributed by atoms with Crippen LogP contribution in [0.1, 0.15) is 44.9 Å². The van der Waals surface area contributed by atoms with Crippen LogP contribution < -0.4 is 5.56 Å². The molecule has 2 fully saturated rings. The minimum absolute atomic E-state index is 0.141. The maximum absolute atomic E-state index is 12.8. The van der Waals surface area contributed by atoms with Gasteiger partial charge in [0.2, 0.25) is 5.91 Å². The van der Waals surface area contributed by atoms with E-state index in [0.29, 0.717) is 42.2 Å². The number of carbonyl (C=O) groups is 1. The van der Waals surface area contributed by atoms with Gasteiger partial charge in [0.05, 0.1) is 17.4 Å². The molecular weight excluding hydrogens is 314 g/mol. The van der Waals surface area contributed by atoms with Crippen LogP contribution in [-0.4, -0.2) is 27.3 Å². The van der Waals surface area contributed by atoms with Gasteiger partial charge in [-0.1, -0.05) is 18.6 Å². The Bertz CT molecular complexity index is 844. The van der Waals surface area contributed by atoms with E-state index >= 15 is 0 Å². The van der Waals surface area contributed by atoms with Crippen molar-refractivity contribution in [3.8, 4) is 0 Å². The number of aromatic nitrogens is 2. The van der Waals surface area contributed by atoms with Crippen molar-refractivity contribution in [2.45, 2.75) is 45.6 Å². The highest BCUT2D eigenvalue weighted by Crippen LogP contribution is 2.49. The number of fused-ring (bicyclic) bond motifs is 3. The number of amides is 1. The van der Waals surface area contributed by atoms with Gasteiger partial charge in [0.25, 0.3) is 5.56 Å². The monoisotopic (exact) mass is 339 g/mol. The SMILES string of the molecule is CCN(Cc1nc2ccccc2c(=O)[nH]1)C(=O)C[C@H]1C[C@H]2CC[C@@H]1C2. The van der Waals surface area contributed by atoms with Gasteiger partial charge < -0.3 is 9.88 Å². The Morgan fingerprint density at radius 1 is 1.28 bits per heavy atom. The Morgan fingerprint density at radius 3 is 2.84 bits per heavy atom. The van der Waals surface area contributed by atoms with Crippen molar-refractivity contribution >= 4 is 16.8 Å². The molecule has 2 saturated carbocycles. The van der Waals surface area contributed by atoms with Crippen molar-refractivity contribution in [3.63, 3.8) is 0 Å². The predicted octanol–water partition coefficient (Wildman–Crippen LogP) is 3.10. The molecule has 1 amide bonds. The Morgan fingerprint density at radius 2 is 2.12 bits per heavy atom. The van der Waals surface area contributed by atoms with Gasteiger partial charge in [0, 0.05) is 13.0 Å². The van der Waals surface area contributed by atoms with Gasteiger partial charge >= 0.3 is 0 Å². The molecule has 0 unspecified atom stereocenters. The average Bonchev–Trinajstić information content (AvgIpc) is 3.22. The minimum atomic E-state index is -0.141. The number of carbonyl (C=O) groups excluding carboxylic acids is 1. The van der Waals surface area contributed by atoms with E-state index in [1.54, 1.807) is 6.07 Å². The van der Waals surface area contributed by atoms with Crippen molar-refractivity contribution in [2.24, 2.45) is 17.8 Å². The highest BCUT2D eigenvalue weighted by Gasteiger charge is 2.40. The van der Waals surface area contributed by atoms with Gasteiger partial charge in [0.15, 0.2) is 0 Å². The standard InChI is InChI=1S/C20H25N3O2/c1-2-23(19(24)11-15-10-13-7-8-14(15)9-13)12-18-21-17-6-4-3-5-16(17)20(25)22-18/h3-6,13-15H,2,7-12H2,1H3,(H,21,22,25)/t13-,14+,15+/m0/s1. The summed E-state index contributed by atoms with van der Waals surface area (Å²) in [7, 11) is 0. The van der Waals surface area contributed by atoms with E-state index in [0.717, 1.165) is 11.8 Å². The smallest absolute Gasteiger partial charge is 0.258 e. The highest BCUT2D eigenvalue weighted by molar-refractivity contribution is 5.78. The molecule has 1 aromatic carbocycles. The Labute approximate surface area is 147 Å². The quantitative estimate of drug-likeness (QED) is 0.910. The van der Waals surface area contributed by atoms with Crippen LogP contribution in [-0.2, 0) is 11.3 Å². The second kappa shape index (κ2) is 6.62. The van der Waals surface area contributed by atoms with Crippen molar-refractivity contribution in [2.75, 3.05) is 6.54 Å². The first-order valence-corrected chi connectivity index (χ1v) is 9.39. The second-order valence-electron chi connectivity index (χ2n) is 7.58. The zero-order valence-corrected chi connectivity index (χ0v) is 14.7. The lowest BCUT2D eigenvalue weighted by atomic mass is 9.86. The van der Waals surface area contributed by atoms with Gasteiger partial charge in [-0.3, -0.25) is 9.59 Å². The van der Waals surface area contributed by atoms with E-state index in [-0.39, 0.29) is 11.5 Å². The molecule has 2 bridgehead atoms. The molecule has 5 heteroatoms. The van der Waals surface area contributed by atoms with Gasteiger partial charge in [-0.15, -0.1) is 0 Å². The summed E-state index contributed by atoms with van der Waals surface area (Å²) in [6.45, 7) is 2.99. The number of hydrogen-bond donors (Lipinski definition) is 1. The van der Waals surface area contributed by atoms with Crippen LogP contribution in [0.4, 0.5) is 0 Å². The zero-order valence-electron chi connectivity index (χ0n) is 14.7. The fourth-order valence-electron chi connectivity index (χ4n) is 4.75. The fraction of sp³-hybridized carbons (Fsp3) is 0.550. The van der Waals surface area contributed by atoms with Crippen molar-refractivity contribution in [3.05, 3.63) is 40.4 Å². The predicted molar refractivity (Wildman–Crippen MR) is 97.0 cm³/mol. The van der Waals surface area contributed by atoms with Crippen LogP contribution in [0.2, 0.25) is 0 Å². The summed E-state index contributed by atoms with van der Waals surface area (Å²) in [6, 6.07) is 7.30. The zero-order chi connectivity index (χ0) is 17.4. The number of nitrogens with zero attached hydrogens (tertiary/aromatic N) is 2. The second-order valence-corrected chi connectivity index (χ2v) is 7.58. The third-order valence-corrected chi connectivity index (χ3v) is 6.06. The molecular formula is C20H25N3O2. The molecule has 2 aromatic rings. The first kappa shape index (κ1) is 16.3. The van der Waals surface area contributed by atoms with Crippen LogP contribution in [0.5, 0.6) is 0 Å². The minimum Gasteiger partial charge on any atom is -0.335 e. The van der Waals surface area contributed by atoms with E-state index in [4.69, 9.17) is 0 Å². The molecule has 132 valence electrons. The normalized spacial score (nSPS) is 24.8. The third kappa shape index (κ3) is 3.20. The lowest BCUT2D eigenvalue weighted by molar-refractivity contribution is -0.133. The molecule has 5 nitrogen and oxygen atoms in total. The maximum Gasteiger partial charge on any atom is 0.258 e. The Hall–Kier alpha value is -2.17. The van der Waals surface area contributed by atoms with Crippen LogP contribution >= 0.6 is 0 Å². The Kier molecular flexibility index (Phi) is 4.32. The van der Waals surface area contributed by atoms with Gasteiger partial charge in [0.1, 0.15) is 5.82 Å². The van der Waals surface area contributed by atoms with Gasteiger partial charge in [-0.05, 0) is 56.1 Å². The van der Waals surface area contributed by atoms with Crippen molar-refractivity contribution in [1.82, 2.24) is 14.9 Å². The lowest BCUT2D eigenvalue weighted by Crippen LogP contribution is -2.33. The maximum atomic E-state index is 12.8. The van der Waals surface area contributed by atoms with Crippen molar-refractivity contribution < 1.29 is 4.79 Å². The number of nitrogens with one attached hydrogen (secondary N) is 1. The number of H-pyrrole nitrogens is 1. The molecule has 3 atom stereocenters. The summed E-state index contributed by atoms with van der Waals surface area (Å²) < 4.78 is 0. The van der Waals surface area contributed by atoms with Crippen LogP contribution in [0, 0.1) is 17.8 Å². The van der Waals surface area contributed by atoms with E-state index in [9.17, 15) is 9.59 Å². The summed E-state index contributed by atoms with van der Waals surface area (Å²) in [5.74, 6) is 2.93. The molecule has 0 aliphatic heterocycles. The third-order valence-electron chi connectivity index (χ3n) is 6.06. The number of hydrogen-bond acceptors (Lipinski definition) is 3. The summed E-state index contributed by atoms with van der Waals surface area (Å²) in [4.78, 5) is 34.1. The molecule has 2 aliphatic carbocycles. The summed E-state index contributed by atoms with van der Waals surface area (Å²) in [5, 5.41) is 0.586. The largest absolute Gasteiger partial charge is 0.335 e. The van der Waals surface area contributed by atoms with E-state index in [1.165, 1.54) is 25.7 Å². The van der Waals surface area contributed by atoms with Crippen molar-refractivity contribution in [1.29, 1.82) is 0 Å². The average molecular weight is 339 g/mol. The molecule has 0 saturated heterocycles. The summed E-state index contributed by atoms with van der Waals surface area (Å²) in [5.41, 5.74) is 0.537. The van der Waals surface area contributed by atoms with Crippen LogP contribution in [0.3, 0.4) is 0 Å². The topological polar surface area (TPSA) is 66.1 Å². The van der Waals surface area contributed by atoms with Crippen LogP contribution in [0.25, 0.3) is 10.9 Å². The molecule has 1 aromatic heterocycles. The van der Waals surface area contributed by atoms with E-state index in [2.05, 4.69) is 9.97 Å². The summed E-state index contributed by atoms with van der Waals surface area (Å²) >= 11 is 0. The fourth-order valence-corrected chi connectivity index (χ4v) is 4.75. The molecule has 4 rings (SSSR count). The first-order chi connectivity index (χ1) is 12.1.